The van der Waals surface area contributed by atoms with Crippen LogP contribution in [-0.2, 0) is 9.59 Å². The Bertz CT molecular complexity index is 914. The number of aryl methyl sites for hydroxylation is 1. The van der Waals surface area contributed by atoms with Gasteiger partial charge >= 0.3 is 0 Å². The number of rotatable bonds is 7. The van der Waals surface area contributed by atoms with Gasteiger partial charge in [-0.1, -0.05) is 49.4 Å². The zero-order chi connectivity index (χ0) is 21.6. The van der Waals surface area contributed by atoms with Crippen molar-refractivity contribution >= 4 is 41.2 Å². The number of carbonyl (C=O) groups is 3. The number of benzene rings is 1. The number of β-lactam (4-membered cyclic amide) rings is 1. The summed E-state index contributed by atoms with van der Waals surface area (Å²) in [4.78, 5) is 41.9. The van der Waals surface area contributed by atoms with Gasteiger partial charge in [0.1, 0.15) is 11.1 Å². The van der Waals surface area contributed by atoms with E-state index in [1.165, 1.54) is 16.7 Å². The Morgan fingerprint density at radius 3 is 2.63 bits per heavy atom. The molecule has 1 N–H and O–H groups in total. The Hall–Kier alpha value is -1.61. The highest BCUT2D eigenvalue weighted by atomic mass is 32.2. The van der Waals surface area contributed by atoms with E-state index < -0.39 is 17.1 Å². The average Bonchev–Trinajstić information content (AvgIpc) is 3.30. The smallest absolute Gasteiger partial charge is 0.236 e. The van der Waals surface area contributed by atoms with Crippen molar-refractivity contribution in [2.45, 2.75) is 38.2 Å². The number of amides is 1. The monoisotopic (exact) mass is 446 g/mol. The van der Waals surface area contributed by atoms with Crippen molar-refractivity contribution in [3.63, 3.8) is 0 Å². The van der Waals surface area contributed by atoms with Gasteiger partial charge in [-0.3, -0.25) is 24.2 Å². The minimum Gasteiger partial charge on any atom is -0.392 e. The van der Waals surface area contributed by atoms with Gasteiger partial charge in [-0.05, 0) is 26.3 Å². The normalized spacial score (nSPS) is 27.3. The maximum atomic E-state index is 12.6. The molecule has 160 valence electrons. The second-order valence-electron chi connectivity index (χ2n) is 8.25. The maximum absolute atomic E-state index is 12.6. The van der Waals surface area contributed by atoms with Crippen LogP contribution in [0.4, 0.5) is 0 Å². The Morgan fingerprint density at radius 1 is 1.30 bits per heavy atom. The Morgan fingerprint density at radius 2 is 2.00 bits per heavy atom. The first-order chi connectivity index (χ1) is 14.3. The number of ketones is 1. The minimum absolute atomic E-state index is 0.0827. The summed E-state index contributed by atoms with van der Waals surface area (Å²) >= 11 is 5.54. The van der Waals surface area contributed by atoms with Gasteiger partial charge in [0.15, 0.2) is 5.78 Å². The summed E-state index contributed by atoms with van der Waals surface area (Å²) in [5.41, 5.74) is 2.19. The highest BCUT2D eigenvalue weighted by Gasteiger charge is 2.58. The molecule has 3 aliphatic rings. The molecule has 6 nitrogen and oxygen atoms in total. The van der Waals surface area contributed by atoms with Crippen LogP contribution in [-0.4, -0.2) is 62.8 Å². The van der Waals surface area contributed by atoms with Crippen molar-refractivity contribution in [1.82, 2.24) is 9.80 Å². The van der Waals surface area contributed by atoms with E-state index in [1.54, 1.807) is 0 Å². The van der Waals surface area contributed by atoms with E-state index in [0.717, 1.165) is 23.4 Å². The van der Waals surface area contributed by atoms with Crippen LogP contribution in [0.3, 0.4) is 0 Å². The molecule has 2 saturated heterocycles. The predicted molar refractivity (Wildman–Crippen MR) is 119 cm³/mol. The number of thiol groups is 1. The number of Topliss-reactive ketones (excluding diaryl/α,β-unsaturated/α-hetero) is 1. The van der Waals surface area contributed by atoms with Crippen LogP contribution >= 0.6 is 24.4 Å². The molecule has 0 radical (unpaired) electrons. The van der Waals surface area contributed by atoms with Crippen LogP contribution < -0.4 is 0 Å². The van der Waals surface area contributed by atoms with Crippen LogP contribution in [0, 0.1) is 18.8 Å². The highest BCUT2D eigenvalue weighted by molar-refractivity contribution is 8.04. The van der Waals surface area contributed by atoms with Crippen molar-refractivity contribution < 1.29 is 19.5 Å². The summed E-state index contributed by atoms with van der Waals surface area (Å²) in [6, 6.07) is 7.59. The molecule has 30 heavy (non-hydrogen) atoms. The quantitative estimate of drug-likeness (QED) is 0.381. The van der Waals surface area contributed by atoms with Gasteiger partial charge in [-0.15, -0.1) is 11.8 Å². The lowest BCUT2D eigenvalue weighted by Crippen LogP contribution is -2.61. The van der Waals surface area contributed by atoms with Crippen LogP contribution in [0.25, 0.3) is 0 Å². The Balaban J connectivity index is 1.45. The third-order valence-electron chi connectivity index (χ3n) is 6.23. The van der Waals surface area contributed by atoms with Crippen molar-refractivity contribution in [2.24, 2.45) is 11.8 Å². The molecule has 0 bridgehead atoms. The lowest BCUT2D eigenvalue weighted by atomic mass is 9.89. The first-order valence-electron chi connectivity index (χ1n) is 10.3. The molecule has 3 aliphatic heterocycles. The fraction of sp³-hybridized carbons (Fsp3) is 0.500. The zero-order valence-electron chi connectivity index (χ0n) is 17.1. The van der Waals surface area contributed by atoms with Crippen molar-refractivity contribution in [2.75, 3.05) is 19.6 Å². The molecule has 1 aromatic carbocycles. The second kappa shape index (κ2) is 8.49. The van der Waals surface area contributed by atoms with Gasteiger partial charge in [0, 0.05) is 22.9 Å². The molecule has 2 fully saturated rings. The number of hydrogen-bond acceptors (Lipinski definition) is 6. The number of fused-ring (bicyclic) bond motifs is 1. The van der Waals surface area contributed by atoms with Gasteiger partial charge in [0.25, 0.3) is 0 Å². The van der Waals surface area contributed by atoms with Crippen molar-refractivity contribution in [1.29, 1.82) is 0 Å². The average molecular weight is 447 g/mol. The van der Waals surface area contributed by atoms with E-state index in [4.69, 9.17) is 0 Å². The summed E-state index contributed by atoms with van der Waals surface area (Å²) < 4.78 is 0. The summed E-state index contributed by atoms with van der Waals surface area (Å²) in [6.07, 6.45) is 0.622. The molecule has 0 aromatic heterocycles. The zero-order valence-corrected chi connectivity index (χ0v) is 18.8. The predicted octanol–water partition coefficient (Wildman–Crippen LogP) is 2.47. The molecule has 4 atom stereocenters. The molecule has 0 unspecified atom stereocenters. The fourth-order valence-corrected chi connectivity index (χ4v) is 6.50. The molecule has 0 aliphatic carbocycles. The minimum atomic E-state index is -0.700. The van der Waals surface area contributed by atoms with Gasteiger partial charge in [0.05, 0.1) is 18.6 Å². The Labute approximate surface area is 186 Å². The number of aliphatic hydroxyl groups excluding tert-OH is 1. The van der Waals surface area contributed by atoms with E-state index in [0.29, 0.717) is 30.8 Å². The lowest BCUT2D eigenvalue weighted by molar-refractivity contribution is -0.154. The summed E-state index contributed by atoms with van der Waals surface area (Å²) in [5.74, 6) is -0.497. The van der Waals surface area contributed by atoms with Crippen LogP contribution in [0.2, 0.25) is 0 Å². The van der Waals surface area contributed by atoms with Gasteiger partial charge in [-0.2, -0.15) is 0 Å². The molecule has 8 heteroatoms. The number of likely N-dealkylation sites (tertiary alicyclic amines) is 1. The maximum Gasteiger partial charge on any atom is 0.236 e. The summed E-state index contributed by atoms with van der Waals surface area (Å²) in [5, 5.41) is 9.57. The number of nitrogens with zero attached hydrogens (tertiary/aromatic N) is 2. The summed E-state index contributed by atoms with van der Waals surface area (Å²) in [7, 11) is 0. The molecule has 1 aromatic rings. The van der Waals surface area contributed by atoms with Crippen molar-refractivity contribution in [3.05, 3.63) is 46.0 Å². The molecule has 3 heterocycles. The van der Waals surface area contributed by atoms with Crippen LogP contribution in [0.1, 0.15) is 35.7 Å². The van der Waals surface area contributed by atoms with E-state index in [1.807, 2.05) is 38.1 Å². The SMILES string of the molecule is CC[C@H](O)[C@@H]1C(=O)N2C(C(=O)S)=C([C@H]3CCN(CC(=O)c4ccc(C)cc4)C3)S[C@H]12. The number of thioether (sulfide) groups is 1. The topological polar surface area (TPSA) is 77.9 Å². The number of aliphatic hydroxyl groups is 1. The standard InChI is InChI=1S/C22H26N2O4S2/c1-3-15(25)17-20(27)24-18(22(28)29)19(30-21(17)24)14-8-9-23(10-14)11-16(26)13-6-4-12(2)5-7-13/h4-7,14-15,17,21,25H,3,8-11H2,1-2H3,(H,28,29)/t14-,15-,17+,21+/m0/s1. The number of carbonyl (C=O) groups excluding carboxylic acids is 3. The summed E-state index contributed by atoms with van der Waals surface area (Å²) in [6.45, 7) is 5.61. The van der Waals surface area contributed by atoms with E-state index in [9.17, 15) is 19.5 Å². The van der Waals surface area contributed by atoms with Crippen LogP contribution in [0.5, 0.6) is 0 Å². The van der Waals surface area contributed by atoms with E-state index >= 15 is 0 Å². The Kier molecular flexibility index (Phi) is 6.12. The van der Waals surface area contributed by atoms with E-state index in [-0.39, 0.29) is 23.0 Å². The highest BCUT2D eigenvalue weighted by Crippen LogP contribution is 2.54. The van der Waals surface area contributed by atoms with Gasteiger partial charge < -0.3 is 5.11 Å². The van der Waals surface area contributed by atoms with Gasteiger partial charge in [-0.25, -0.2) is 0 Å². The first kappa shape index (κ1) is 21.6. The lowest BCUT2D eigenvalue weighted by Gasteiger charge is -2.44. The first-order valence-corrected chi connectivity index (χ1v) is 11.6. The fourth-order valence-electron chi connectivity index (χ4n) is 4.49. The van der Waals surface area contributed by atoms with E-state index in [2.05, 4.69) is 17.5 Å². The third kappa shape index (κ3) is 3.75. The molecule has 0 spiro atoms. The molecular formula is C22H26N2O4S2. The third-order valence-corrected chi connectivity index (χ3v) is 7.96. The molecular weight excluding hydrogens is 420 g/mol. The van der Waals surface area contributed by atoms with Crippen molar-refractivity contribution in [3.8, 4) is 0 Å². The van der Waals surface area contributed by atoms with Gasteiger partial charge in [0.2, 0.25) is 11.0 Å². The van der Waals surface area contributed by atoms with Crippen LogP contribution in [0.15, 0.2) is 34.9 Å². The molecule has 4 rings (SSSR count). The second-order valence-corrected chi connectivity index (χ2v) is 9.81. The molecule has 0 saturated carbocycles. The largest absolute Gasteiger partial charge is 0.392 e. The number of hydrogen-bond donors (Lipinski definition) is 2. The molecule has 1 amide bonds.